The van der Waals surface area contributed by atoms with Gasteiger partial charge < -0.3 is 10.2 Å². The van der Waals surface area contributed by atoms with Gasteiger partial charge in [0.15, 0.2) is 0 Å². The van der Waals surface area contributed by atoms with Gasteiger partial charge in [-0.1, -0.05) is 35.3 Å². The molecule has 3 rings (SSSR count). The quantitative estimate of drug-likeness (QED) is 0.735. The Bertz CT molecular complexity index is 1080. The van der Waals surface area contributed by atoms with Crippen molar-refractivity contribution in [2.45, 2.75) is 6.92 Å². The predicted octanol–water partition coefficient (Wildman–Crippen LogP) is 4.03. The molecule has 0 atom stereocenters. The van der Waals surface area contributed by atoms with Crippen LogP contribution in [0.5, 0.6) is 0 Å². The Labute approximate surface area is 185 Å². The molecule has 0 spiro atoms. The Morgan fingerprint density at radius 3 is 2.33 bits per heavy atom. The zero-order valence-corrected chi connectivity index (χ0v) is 18.6. The minimum absolute atomic E-state index is 0.0415. The number of hydrogen-bond donors (Lipinski definition) is 1. The van der Waals surface area contributed by atoms with Crippen LogP contribution >= 0.6 is 23.2 Å². The fourth-order valence-corrected chi connectivity index (χ4v) is 5.01. The van der Waals surface area contributed by atoms with E-state index in [0.29, 0.717) is 45.5 Å². The van der Waals surface area contributed by atoms with E-state index in [9.17, 15) is 13.2 Å². The number of rotatable bonds is 4. The Balaban J connectivity index is 1.72. The van der Waals surface area contributed by atoms with Crippen LogP contribution in [0.25, 0.3) is 11.1 Å². The number of halogens is 2. The zero-order valence-electron chi connectivity index (χ0n) is 16.2. The second-order valence-electron chi connectivity index (χ2n) is 6.72. The van der Waals surface area contributed by atoms with Gasteiger partial charge in [0.1, 0.15) is 0 Å². The van der Waals surface area contributed by atoms with Crippen molar-refractivity contribution in [3.8, 4) is 17.2 Å². The highest BCUT2D eigenvalue weighted by Gasteiger charge is 2.27. The molecule has 0 aliphatic carbocycles. The summed E-state index contributed by atoms with van der Waals surface area (Å²) in [6.45, 7) is 2.72. The number of amides is 2. The molecule has 1 heterocycles. The van der Waals surface area contributed by atoms with Crippen LogP contribution < -0.4 is 5.32 Å². The second kappa shape index (κ2) is 9.23. The van der Waals surface area contributed by atoms with Crippen molar-refractivity contribution in [2.24, 2.45) is 0 Å². The lowest BCUT2D eigenvalue weighted by Gasteiger charge is -2.33. The highest BCUT2D eigenvalue weighted by atomic mass is 35.5. The summed E-state index contributed by atoms with van der Waals surface area (Å²) in [7, 11) is -3.26. The monoisotopic (exact) mass is 466 g/mol. The largest absolute Gasteiger partial charge is 0.322 e. The van der Waals surface area contributed by atoms with Gasteiger partial charge in [0.2, 0.25) is 10.0 Å². The van der Waals surface area contributed by atoms with Gasteiger partial charge >= 0.3 is 6.03 Å². The van der Waals surface area contributed by atoms with Gasteiger partial charge in [0, 0.05) is 37.4 Å². The number of sulfonamides is 1. The van der Waals surface area contributed by atoms with E-state index in [4.69, 9.17) is 28.5 Å². The van der Waals surface area contributed by atoms with Crippen molar-refractivity contribution in [2.75, 3.05) is 37.2 Å². The molecular weight excluding hydrogens is 447 g/mol. The maximum Gasteiger partial charge on any atom is 0.321 e. The van der Waals surface area contributed by atoms with Crippen LogP contribution in [0.3, 0.4) is 0 Å². The molecule has 1 saturated heterocycles. The second-order valence-corrected chi connectivity index (χ2v) is 9.80. The van der Waals surface area contributed by atoms with Crippen molar-refractivity contribution < 1.29 is 13.2 Å². The van der Waals surface area contributed by atoms with E-state index in [2.05, 4.69) is 11.4 Å². The molecule has 1 N–H and O–H groups in total. The highest BCUT2D eigenvalue weighted by molar-refractivity contribution is 7.89. The van der Waals surface area contributed by atoms with Crippen molar-refractivity contribution in [3.05, 3.63) is 52.0 Å². The van der Waals surface area contributed by atoms with E-state index in [0.717, 1.165) is 0 Å². The first-order chi connectivity index (χ1) is 14.2. The van der Waals surface area contributed by atoms with E-state index in [1.165, 1.54) is 4.31 Å². The average molecular weight is 467 g/mol. The molecule has 1 aliphatic heterocycles. The predicted molar refractivity (Wildman–Crippen MR) is 118 cm³/mol. The van der Waals surface area contributed by atoms with E-state index >= 15 is 0 Å². The first-order valence-corrected chi connectivity index (χ1v) is 11.6. The summed E-state index contributed by atoms with van der Waals surface area (Å²) < 4.78 is 25.3. The average Bonchev–Trinajstić information content (AvgIpc) is 2.73. The third-order valence-corrected chi connectivity index (χ3v) is 7.34. The van der Waals surface area contributed by atoms with Gasteiger partial charge in [-0.15, -0.1) is 0 Å². The number of nitriles is 1. The topological polar surface area (TPSA) is 93.5 Å². The van der Waals surface area contributed by atoms with Crippen molar-refractivity contribution >= 4 is 44.9 Å². The molecule has 1 aliphatic rings. The van der Waals surface area contributed by atoms with Crippen molar-refractivity contribution in [3.63, 3.8) is 0 Å². The van der Waals surface area contributed by atoms with Gasteiger partial charge in [0.05, 0.1) is 27.4 Å². The first-order valence-electron chi connectivity index (χ1n) is 9.28. The summed E-state index contributed by atoms with van der Waals surface area (Å²) in [5.41, 5.74) is 2.20. The summed E-state index contributed by atoms with van der Waals surface area (Å²) in [6.07, 6.45) is 0. The van der Waals surface area contributed by atoms with Crippen LogP contribution in [-0.4, -0.2) is 55.6 Å². The lowest BCUT2D eigenvalue weighted by atomic mass is 10.0. The molecule has 1 fully saturated rings. The van der Waals surface area contributed by atoms with E-state index < -0.39 is 10.0 Å². The SMILES string of the molecule is CCS(=O)(=O)N1CCN(C(=O)Nc2cc(Cl)c(-c3cccc(C#N)c3)c(Cl)c2)CC1. The van der Waals surface area contributed by atoms with E-state index in [-0.39, 0.29) is 24.9 Å². The fourth-order valence-electron chi connectivity index (χ4n) is 3.22. The Hall–Kier alpha value is -2.31. The zero-order chi connectivity index (χ0) is 21.9. The minimum Gasteiger partial charge on any atom is -0.322 e. The Morgan fingerprint density at radius 1 is 1.13 bits per heavy atom. The van der Waals surface area contributed by atoms with Gasteiger partial charge in [-0.2, -0.15) is 9.57 Å². The van der Waals surface area contributed by atoms with Gasteiger partial charge in [-0.25, -0.2) is 13.2 Å². The van der Waals surface area contributed by atoms with E-state index in [1.54, 1.807) is 48.2 Å². The molecule has 30 heavy (non-hydrogen) atoms. The highest BCUT2D eigenvalue weighted by Crippen LogP contribution is 2.37. The molecule has 0 saturated carbocycles. The van der Waals surface area contributed by atoms with Crippen molar-refractivity contribution in [1.82, 2.24) is 9.21 Å². The Morgan fingerprint density at radius 2 is 1.77 bits per heavy atom. The number of benzene rings is 2. The number of nitrogens with zero attached hydrogens (tertiary/aromatic N) is 3. The normalized spacial score (nSPS) is 14.9. The minimum atomic E-state index is -3.26. The van der Waals surface area contributed by atoms with Crippen LogP contribution in [0.4, 0.5) is 10.5 Å². The summed E-state index contributed by atoms with van der Waals surface area (Å²) in [4.78, 5) is 14.1. The molecule has 10 heteroatoms. The molecule has 0 bridgehead atoms. The summed E-state index contributed by atoms with van der Waals surface area (Å²) in [5.74, 6) is 0.0415. The van der Waals surface area contributed by atoms with Crippen LogP contribution in [-0.2, 0) is 10.0 Å². The van der Waals surface area contributed by atoms with Gasteiger partial charge in [-0.3, -0.25) is 0 Å². The molecule has 0 radical (unpaired) electrons. The third kappa shape index (κ3) is 4.87. The number of hydrogen-bond acceptors (Lipinski definition) is 4. The molecule has 0 aromatic heterocycles. The molecule has 158 valence electrons. The van der Waals surface area contributed by atoms with Crippen molar-refractivity contribution in [1.29, 1.82) is 5.26 Å². The molecule has 2 aromatic rings. The Kier molecular flexibility index (Phi) is 6.88. The summed E-state index contributed by atoms with van der Waals surface area (Å²) in [5, 5.41) is 12.5. The van der Waals surface area contributed by atoms with Crippen LogP contribution in [0.2, 0.25) is 10.0 Å². The first kappa shape index (κ1) is 22.4. The number of piperazine rings is 1. The van der Waals surface area contributed by atoms with E-state index in [1.807, 2.05) is 0 Å². The number of carbonyl (C=O) groups excluding carboxylic acids is 1. The maximum absolute atomic E-state index is 12.6. The molecular formula is C20H20Cl2N4O3S. The smallest absolute Gasteiger partial charge is 0.321 e. The lowest BCUT2D eigenvalue weighted by Crippen LogP contribution is -2.51. The molecule has 2 aromatic carbocycles. The number of nitrogens with one attached hydrogen (secondary N) is 1. The third-order valence-electron chi connectivity index (χ3n) is 4.86. The number of carbonyl (C=O) groups is 1. The number of anilines is 1. The molecule has 0 unspecified atom stereocenters. The van der Waals surface area contributed by atoms with Crippen LogP contribution in [0, 0.1) is 11.3 Å². The summed E-state index contributed by atoms with van der Waals surface area (Å²) in [6, 6.07) is 11.8. The fraction of sp³-hybridized carbons (Fsp3) is 0.300. The number of urea groups is 1. The van der Waals surface area contributed by atoms with Crippen LogP contribution in [0.1, 0.15) is 12.5 Å². The van der Waals surface area contributed by atoms with Gasteiger partial charge in [0.25, 0.3) is 0 Å². The maximum atomic E-state index is 12.6. The molecule has 7 nitrogen and oxygen atoms in total. The summed E-state index contributed by atoms with van der Waals surface area (Å²) >= 11 is 12.8. The lowest BCUT2D eigenvalue weighted by molar-refractivity contribution is 0.184. The van der Waals surface area contributed by atoms with Crippen LogP contribution in [0.15, 0.2) is 36.4 Å². The standard InChI is InChI=1S/C20H20Cl2N4O3S/c1-2-30(28,29)26-8-6-25(7-9-26)20(27)24-16-11-17(21)19(18(22)12-16)15-5-3-4-14(10-15)13-23/h3-5,10-12H,2,6-9H2,1H3,(H,24,27). The van der Waals surface area contributed by atoms with Gasteiger partial charge in [-0.05, 0) is 36.8 Å². The molecule has 2 amide bonds.